The summed E-state index contributed by atoms with van der Waals surface area (Å²) in [7, 11) is -4.38. The largest absolute Gasteiger partial charge is 0.491 e. The molecule has 8 rings (SSSR count). The summed E-state index contributed by atoms with van der Waals surface area (Å²) >= 11 is 24.2. The molecule has 0 aromatic heterocycles. The topological polar surface area (TPSA) is 247 Å². The first-order valence-corrected chi connectivity index (χ1v) is 20.1. The van der Waals surface area contributed by atoms with Gasteiger partial charge < -0.3 is 53.8 Å². The zero-order valence-corrected chi connectivity index (χ0v) is 35.4. The fourth-order valence-corrected chi connectivity index (χ4v) is 8.04. The van der Waals surface area contributed by atoms with Gasteiger partial charge in [0.2, 0.25) is 0 Å². The number of hydrogen-bond acceptors (Lipinski definition) is 13. The Morgan fingerprint density at radius 2 is 0.919 bits per heavy atom. The molecule has 0 saturated carbocycles. The Morgan fingerprint density at radius 1 is 0.565 bits per heavy atom. The third-order valence-corrected chi connectivity index (χ3v) is 11.5. The van der Waals surface area contributed by atoms with E-state index in [1.54, 1.807) is 12.1 Å². The molecule has 0 bridgehead atoms. The van der Waals surface area contributed by atoms with Crippen molar-refractivity contribution in [1.82, 2.24) is 4.90 Å². The van der Waals surface area contributed by atoms with Crippen LogP contribution in [-0.2, 0) is 49.8 Å². The smallest absolute Gasteiger partial charge is 0.480 e. The van der Waals surface area contributed by atoms with Gasteiger partial charge in [-0.2, -0.15) is 0 Å². The molecule has 0 saturated heterocycles. The van der Waals surface area contributed by atoms with Crippen LogP contribution in [0.25, 0.3) is 0 Å². The summed E-state index contributed by atoms with van der Waals surface area (Å²) in [6.45, 7) is 1.67. The number of aliphatic carboxylic acids is 1. The molecule has 4 aromatic carbocycles. The highest BCUT2D eigenvalue weighted by atomic mass is 35.5. The minimum absolute atomic E-state index is 0.00492. The van der Waals surface area contributed by atoms with Gasteiger partial charge in [0, 0.05) is 49.7 Å². The van der Waals surface area contributed by atoms with Crippen LogP contribution in [0.3, 0.4) is 0 Å². The van der Waals surface area contributed by atoms with E-state index in [1.165, 1.54) is 43.3 Å². The molecule has 16 nitrogen and oxygen atoms in total. The van der Waals surface area contributed by atoms with Gasteiger partial charge in [0.1, 0.15) is 6.54 Å². The van der Waals surface area contributed by atoms with E-state index in [0.29, 0.717) is 71.3 Å². The van der Waals surface area contributed by atoms with Gasteiger partial charge in [0.05, 0.1) is 32.0 Å². The normalized spacial score (nSPS) is 14.3. The lowest BCUT2D eigenvalue weighted by Gasteiger charge is -2.21. The molecule has 4 aromatic rings. The van der Waals surface area contributed by atoms with E-state index in [2.05, 4.69) is 0 Å². The number of halogens is 4. The number of Topliss-reactive ketones (excluding diaryl/α,β-unsaturated/α-hetero) is 2. The number of hydrogen-bond donors (Lipinski definition) is 6. The van der Waals surface area contributed by atoms with Crippen molar-refractivity contribution in [2.24, 2.45) is 0 Å². The molecule has 0 unspecified atom stereocenters. The van der Waals surface area contributed by atoms with Crippen LogP contribution in [0.1, 0.15) is 83.5 Å². The van der Waals surface area contributed by atoms with Crippen LogP contribution in [0.4, 0.5) is 0 Å². The Balaban J connectivity index is 0.000000186. The standard InChI is InChI=1S/C21H19B2Cl2NO8.C9H8BClO3.C8H6BClO4/c24-17-6-11(4-15-13(17)9-33-22(15)31)19(27)2-1-3-26(8-20(28)29)21(30)12-5-16-14(18(25)7-12)10-34-23(16)32;1-5(12)6-2-8-7(9(11)3-6)4-14-10(8)13;10-7-2-4(8(11)12)1-6-5(7)3-14-9(6)13/h4-7,31-32H,1-3,8-10H2,(H,28,29);2-3,13H,4H2,1H3;1-2,13H,3H2,(H,11,12). The van der Waals surface area contributed by atoms with Crippen LogP contribution < -0.4 is 21.9 Å². The lowest BCUT2D eigenvalue weighted by atomic mass is 9.78. The maximum Gasteiger partial charge on any atom is 0.491 e. The molecule has 4 aliphatic heterocycles. The molecule has 1 amide bonds. The summed E-state index contributed by atoms with van der Waals surface area (Å²) < 4.78 is 20.2. The number of carboxylic acid groups (broad SMARTS) is 2. The number of carboxylic acids is 2. The average Bonchev–Trinajstić information content (AvgIpc) is 4.00. The van der Waals surface area contributed by atoms with Crippen LogP contribution in [-0.4, -0.2) is 106 Å². The van der Waals surface area contributed by atoms with Crippen LogP contribution in [0.5, 0.6) is 0 Å². The van der Waals surface area contributed by atoms with E-state index in [9.17, 15) is 49.2 Å². The SMILES string of the molecule is CC(=O)c1cc(Cl)c2c(c1)B(O)OC2.O=C(O)CN(CCCC(=O)c1cc(Cl)c2c(c1)B(O)OC2)C(=O)c1cc(Cl)c2c(c1)B(O)OC2.O=C(O)c1cc(Cl)c2c(c1)B(O)OC2. The minimum atomic E-state index is -1.21. The highest BCUT2D eigenvalue weighted by Gasteiger charge is 2.34. The van der Waals surface area contributed by atoms with E-state index >= 15 is 0 Å². The lowest BCUT2D eigenvalue weighted by molar-refractivity contribution is -0.137. The minimum Gasteiger partial charge on any atom is -0.480 e. The summed E-state index contributed by atoms with van der Waals surface area (Å²) in [5.74, 6) is -3.23. The molecule has 62 heavy (non-hydrogen) atoms. The molecule has 4 heterocycles. The van der Waals surface area contributed by atoms with Crippen LogP contribution >= 0.6 is 46.4 Å². The predicted octanol–water partition coefficient (Wildman–Crippen LogP) is 1.63. The molecule has 0 spiro atoms. The molecule has 320 valence electrons. The second-order valence-corrected chi connectivity index (χ2v) is 15.9. The fourth-order valence-electron chi connectivity index (χ4n) is 6.91. The van der Waals surface area contributed by atoms with Crippen molar-refractivity contribution in [3.05, 3.63) is 113 Å². The van der Waals surface area contributed by atoms with Gasteiger partial charge in [-0.15, -0.1) is 0 Å². The number of nitrogens with zero attached hydrogens (tertiary/aromatic N) is 1. The maximum atomic E-state index is 13.0. The molecule has 4 aliphatic rings. The number of fused-ring (bicyclic) bond motifs is 4. The first-order chi connectivity index (χ1) is 29.3. The van der Waals surface area contributed by atoms with Crippen molar-refractivity contribution in [2.45, 2.75) is 46.2 Å². The highest BCUT2D eigenvalue weighted by molar-refractivity contribution is 6.64. The molecular formula is C38H33B4Cl4NO15. The fraction of sp³-hybridized carbons (Fsp3) is 0.237. The Hall–Kier alpha value is -4.27. The van der Waals surface area contributed by atoms with Crippen LogP contribution in [0, 0.1) is 0 Å². The van der Waals surface area contributed by atoms with Gasteiger partial charge in [-0.05, 0) is 93.8 Å². The number of rotatable bonds is 10. The molecular weight excluding hydrogens is 895 g/mol. The second-order valence-electron chi connectivity index (χ2n) is 14.3. The van der Waals surface area contributed by atoms with Gasteiger partial charge in [-0.3, -0.25) is 19.2 Å². The van der Waals surface area contributed by atoms with Gasteiger partial charge in [-0.1, -0.05) is 58.5 Å². The summed E-state index contributed by atoms with van der Waals surface area (Å²) in [6.07, 6.45) is 0.211. The number of amides is 1. The Kier molecular flexibility index (Phi) is 15.3. The van der Waals surface area contributed by atoms with E-state index in [0.717, 1.165) is 10.5 Å². The first-order valence-electron chi connectivity index (χ1n) is 18.6. The van der Waals surface area contributed by atoms with Crippen molar-refractivity contribution in [2.75, 3.05) is 13.1 Å². The monoisotopic (exact) mass is 927 g/mol. The molecule has 0 atom stereocenters. The van der Waals surface area contributed by atoms with Gasteiger partial charge >= 0.3 is 40.4 Å². The van der Waals surface area contributed by atoms with Crippen molar-refractivity contribution >= 4 is 126 Å². The van der Waals surface area contributed by atoms with Gasteiger partial charge in [-0.25, -0.2) is 4.79 Å². The maximum absolute atomic E-state index is 13.0. The van der Waals surface area contributed by atoms with Crippen molar-refractivity contribution in [1.29, 1.82) is 0 Å². The molecule has 0 aliphatic carbocycles. The summed E-state index contributed by atoms with van der Waals surface area (Å²) in [5.41, 5.74) is 5.43. The summed E-state index contributed by atoms with van der Waals surface area (Å²) in [4.78, 5) is 60.0. The van der Waals surface area contributed by atoms with E-state index < -0.39 is 52.9 Å². The summed E-state index contributed by atoms with van der Waals surface area (Å²) in [5, 5.41) is 57.9. The van der Waals surface area contributed by atoms with E-state index in [1.807, 2.05) is 0 Å². The molecule has 0 radical (unpaired) electrons. The number of benzene rings is 4. The number of carbonyl (C=O) groups is 5. The van der Waals surface area contributed by atoms with Crippen molar-refractivity contribution in [3.8, 4) is 0 Å². The van der Waals surface area contributed by atoms with E-state index in [4.69, 9.17) is 70.1 Å². The lowest BCUT2D eigenvalue weighted by Crippen LogP contribution is -2.38. The second kappa shape index (κ2) is 20.1. The van der Waals surface area contributed by atoms with Crippen LogP contribution in [0.2, 0.25) is 20.1 Å². The third-order valence-electron chi connectivity index (χ3n) is 10.2. The molecule has 24 heteroatoms. The van der Waals surface area contributed by atoms with Gasteiger partial charge in [0.15, 0.2) is 11.6 Å². The molecule has 6 N–H and O–H groups in total. The number of ketones is 2. The van der Waals surface area contributed by atoms with Crippen LogP contribution in [0.15, 0.2) is 48.5 Å². The van der Waals surface area contributed by atoms with E-state index in [-0.39, 0.29) is 66.9 Å². The van der Waals surface area contributed by atoms with Crippen molar-refractivity contribution < 1.29 is 72.9 Å². The first kappa shape index (κ1) is 47.2. The zero-order chi connectivity index (χ0) is 45.2. The van der Waals surface area contributed by atoms with Gasteiger partial charge in [0.25, 0.3) is 5.91 Å². The number of carbonyl (C=O) groups excluding carboxylic acids is 3. The highest BCUT2D eigenvalue weighted by Crippen LogP contribution is 2.26. The molecule has 0 fully saturated rings. The predicted molar refractivity (Wildman–Crippen MR) is 229 cm³/mol. The van der Waals surface area contributed by atoms with Crippen molar-refractivity contribution in [3.63, 3.8) is 0 Å². The Bertz CT molecular complexity index is 2400. The number of aromatic carboxylic acids is 1. The average molecular weight is 929 g/mol. The summed E-state index contributed by atoms with van der Waals surface area (Å²) in [6, 6.07) is 11.8. The zero-order valence-electron chi connectivity index (χ0n) is 32.4. The Labute approximate surface area is 374 Å². The quantitative estimate of drug-likeness (QED) is 0.0978. The third kappa shape index (κ3) is 10.6. The Morgan fingerprint density at radius 3 is 1.32 bits per heavy atom.